The molecule has 0 aliphatic heterocycles. The summed E-state index contributed by atoms with van der Waals surface area (Å²) in [6.45, 7) is 3.85. The SMILES string of the molecule is CC(C)Oc1ccc(C2(C(=O)O)CC2(Cl)Cl)cc1. The minimum absolute atomic E-state index is 0.0744. The van der Waals surface area contributed by atoms with Gasteiger partial charge in [-0.25, -0.2) is 0 Å². The van der Waals surface area contributed by atoms with Gasteiger partial charge in [-0.1, -0.05) is 35.3 Å². The number of carboxylic acids is 1. The molecule has 0 bridgehead atoms. The molecule has 1 aliphatic carbocycles. The molecule has 1 aromatic rings. The van der Waals surface area contributed by atoms with Crippen molar-refractivity contribution in [3.63, 3.8) is 0 Å². The van der Waals surface area contributed by atoms with Crippen LogP contribution in [-0.4, -0.2) is 21.5 Å². The van der Waals surface area contributed by atoms with Gasteiger partial charge in [-0.3, -0.25) is 4.79 Å². The van der Waals surface area contributed by atoms with E-state index in [9.17, 15) is 9.90 Å². The van der Waals surface area contributed by atoms with Gasteiger partial charge in [0.25, 0.3) is 0 Å². The predicted octanol–water partition coefficient (Wildman–Crippen LogP) is 3.37. The molecule has 1 fully saturated rings. The third kappa shape index (κ3) is 2.06. The molecule has 1 unspecified atom stereocenters. The van der Waals surface area contributed by atoms with Crippen LogP contribution in [0.1, 0.15) is 25.8 Å². The maximum atomic E-state index is 11.4. The molecule has 0 spiro atoms. The molecule has 98 valence electrons. The first-order chi connectivity index (χ1) is 8.29. The van der Waals surface area contributed by atoms with Crippen molar-refractivity contribution in [2.45, 2.75) is 36.1 Å². The lowest BCUT2D eigenvalue weighted by Crippen LogP contribution is -2.26. The number of carboxylic acid groups (broad SMARTS) is 1. The molecular formula is C13H14Cl2O3. The topological polar surface area (TPSA) is 46.5 Å². The maximum Gasteiger partial charge on any atom is 0.317 e. The Morgan fingerprint density at radius 1 is 1.33 bits per heavy atom. The third-order valence-corrected chi connectivity index (χ3v) is 3.98. The van der Waals surface area contributed by atoms with E-state index in [0.717, 1.165) is 0 Å². The van der Waals surface area contributed by atoms with Gasteiger partial charge in [0, 0.05) is 6.42 Å². The quantitative estimate of drug-likeness (QED) is 0.864. The molecule has 18 heavy (non-hydrogen) atoms. The first-order valence-electron chi connectivity index (χ1n) is 5.68. The van der Waals surface area contributed by atoms with Crippen molar-refractivity contribution < 1.29 is 14.6 Å². The van der Waals surface area contributed by atoms with Crippen molar-refractivity contribution in [1.82, 2.24) is 0 Å². The van der Waals surface area contributed by atoms with Crippen LogP contribution in [0.5, 0.6) is 5.75 Å². The predicted molar refractivity (Wildman–Crippen MR) is 70.6 cm³/mol. The molecule has 1 aromatic carbocycles. The summed E-state index contributed by atoms with van der Waals surface area (Å²) < 4.78 is 4.28. The lowest BCUT2D eigenvalue weighted by atomic mass is 9.96. The summed E-state index contributed by atoms with van der Waals surface area (Å²) >= 11 is 11.9. The van der Waals surface area contributed by atoms with E-state index >= 15 is 0 Å². The van der Waals surface area contributed by atoms with Gasteiger partial charge >= 0.3 is 5.97 Å². The number of aliphatic carboxylic acids is 1. The number of hydrogen-bond acceptors (Lipinski definition) is 2. The van der Waals surface area contributed by atoms with E-state index in [1.807, 2.05) is 13.8 Å². The zero-order valence-corrected chi connectivity index (χ0v) is 11.6. The molecule has 2 rings (SSSR count). The van der Waals surface area contributed by atoms with Crippen LogP contribution in [0, 0.1) is 0 Å². The van der Waals surface area contributed by atoms with Gasteiger partial charge < -0.3 is 9.84 Å². The van der Waals surface area contributed by atoms with Gasteiger partial charge in [0.15, 0.2) is 0 Å². The Morgan fingerprint density at radius 3 is 2.17 bits per heavy atom. The van der Waals surface area contributed by atoms with Crippen LogP contribution in [0.15, 0.2) is 24.3 Å². The van der Waals surface area contributed by atoms with E-state index in [1.54, 1.807) is 24.3 Å². The Kier molecular flexibility index (Phi) is 3.24. The van der Waals surface area contributed by atoms with Crippen LogP contribution in [-0.2, 0) is 10.2 Å². The normalized spacial score (nSPS) is 24.9. The summed E-state index contributed by atoms with van der Waals surface area (Å²) in [6.07, 6.45) is 0.299. The summed E-state index contributed by atoms with van der Waals surface area (Å²) in [5.74, 6) is -0.297. The summed E-state index contributed by atoms with van der Waals surface area (Å²) in [5.41, 5.74) is -0.581. The number of benzene rings is 1. The summed E-state index contributed by atoms with van der Waals surface area (Å²) in [4.78, 5) is 11.4. The van der Waals surface area contributed by atoms with Crippen LogP contribution in [0.2, 0.25) is 0 Å². The fourth-order valence-corrected chi connectivity index (χ4v) is 2.83. The van der Waals surface area contributed by atoms with Crippen molar-refractivity contribution in [1.29, 1.82) is 0 Å². The fourth-order valence-electron chi connectivity index (χ4n) is 2.05. The molecule has 0 radical (unpaired) electrons. The van der Waals surface area contributed by atoms with Gasteiger partial charge in [-0.15, -0.1) is 0 Å². The fraction of sp³-hybridized carbons (Fsp3) is 0.462. The minimum Gasteiger partial charge on any atom is -0.491 e. The number of halogens is 2. The van der Waals surface area contributed by atoms with Crippen molar-refractivity contribution in [2.75, 3.05) is 0 Å². The average molecular weight is 289 g/mol. The highest BCUT2D eigenvalue weighted by molar-refractivity contribution is 6.54. The summed E-state index contributed by atoms with van der Waals surface area (Å²) in [5, 5.41) is 9.31. The lowest BCUT2D eigenvalue weighted by molar-refractivity contribution is -0.140. The van der Waals surface area contributed by atoms with E-state index < -0.39 is 15.7 Å². The molecule has 3 nitrogen and oxygen atoms in total. The second-order valence-corrected chi connectivity index (χ2v) is 6.27. The zero-order chi connectivity index (χ0) is 13.6. The molecule has 1 aliphatic rings. The van der Waals surface area contributed by atoms with Crippen molar-refractivity contribution in [2.24, 2.45) is 0 Å². The highest BCUT2D eigenvalue weighted by Crippen LogP contribution is 2.65. The molecule has 1 saturated carbocycles. The van der Waals surface area contributed by atoms with Crippen molar-refractivity contribution in [3.05, 3.63) is 29.8 Å². The first kappa shape index (κ1) is 13.5. The van der Waals surface area contributed by atoms with E-state index in [4.69, 9.17) is 27.9 Å². The smallest absolute Gasteiger partial charge is 0.317 e. The molecule has 0 amide bonds. The van der Waals surface area contributed by atoms with Gasteiger partial charge in [-0.05, 0) is 31.5 Å². The monoisotopic (exact) mass is 288 g/mol. The van der Waals surface area contributed by atoms with Gasteiger partial charge in [0.1, 0.15) is 15.5 Å². The van der Waals surface area contributed by atoms with Gasteiger partial charge in [0.05, 0.1) is 6.10 Å². The minimum atomic E-state index is -1.22. The van der Waals surface area contributed by atoms with E-state index in [1.165, 1.54) is 0 Å². The number of carbonyl (C=O) groups is 1. The number of ether oxygens (including phenoxy) is 1. The Morgan fingerprint density at radius 2 is 1.83 bits per heavy atom. The Hall–Kier alpha value is -0.930. The molecular weight excluding hydrogens is 275 g/mol. The van der Waals surface area contributed by atoms with Crippen LogP contribution in [0.25, 0.3) is 0 Å². The van der Waals surface area contributed by atoms with E-state index in [0.29, 0.717) is 11.3 Å². The maximum absolute atomic E-state index is 11.4. The Bertz CT molecular complexity index is 468. The second-order valence-electron chi connectivity index (χ2n) is 4.78. The molecule has 1 N–H and O–H groups in total. The second kappa shape index (κ2) is 4.32. The highest BCUT2D eigenvalue weighted by atomic mass is 35.5. The van der Waals surface area contributed by atoms with E-state index in [-0.39, 0.29) is 12.5 Å². The molecule has 5 heteroatoms. The van der Waals surface area contributed by atoms with Crippen molar-refractivity contribution >= 4 is 29.2 Å². The van der Waals surface area contributed by atoms with Crippen LogP contribution in [0.3, 0.4) is 0 Å². The lowest BCUT2D eigenvalue weighted by Gasteiger charge is -2.15. The molecule has 1 atom stereocenters. The molecule has 0 aromatic heterocycles. The van der Waals surface area contributed by atoms with Gasteiger partial charge in [-0.2, -0.15) is 0 Å². The van der Waals surface area contributed by atoms with E-state index in [2.05, 4.69) is 0 Å². The number of alkyl halides is 2. The zero-order valence-electron chi connectivity index (χ0n) is 10.1. The van der Waals surface area contributed by atoms with Gasteiger partial charge in [0.2, 0.25) is 0 Å². The highest BCUT2D eigenvalue weighted by Gasteiger charge is 2.72. The standard InChI is InChI=1S/C13H14Cl2O3/c1-8(2)18-10-5-3-9(4-6-10)12(11(16)17)7-13(12,14)15/h3-6,8H,7H2,1-2H3,(H,16,17). The largest absolute Gasteiger partial charge is 0.491 e. The Balaban J connectivity index is 2.27. The Labute approximate surface area is 116 Å². The van der Waals surface area contributed by atoms with Crippen LogP contribution >= 0.6 is 23.2 Å². The summed E-state index contributed by atoms with van der Waals surface area (Å²) in [7, 11) is 0. The number of rotatable bonds is 4. The average Bonchev–Trinajstić information content (AvgIpc) is 2.83. The first-order valence-corrected chi connectivity index (χ1v) is 6.43. The summed E-state index contributed by atoms with van der Waals surface area (Å²) in [6, 6.07) is 6.89. The van der Waals surface area contributed by atoms with Crippen LogP contribution < -0.4 is 4.74 Å². The van der Waals surface area contributed by atoms with Crippen LogP contribution in [0.4, 0.5) is 0 Å². The van der Waals surface area contributed by atoms with Crippen molar-refractivity contribution in [3.8, 4) is 5.75 Å². The number of hydrogen-bond donors (Lipinski definition) is 1. The molecule has 0 heterocycles. The molecule has 0 saturated heterocycles. The third-order valence-electron chi connectivity index (χ3n) is 3.07.